The number of likely N-dealkylation sites (tertiary alicyclic amines) is 1. The van der Waals surface area contributed by atoms with E-state index in [1.54, 1.807) is 19.0 Å². The van der Waals surface area contributed by atoms with Crippen LogP contribution in [0.25, 0.3) is 0 Å². The van der Waals surface area contributed by atoms with Crippen molar-refractivity contribution >= 4 is 11.9 Å². The van der Waals surface area contributed by atoms with Crippen molar-refractivity contribution in [3.63, 3.8) is 0 Å². The predicted octanol–water partition coefficient (Wildman–Crippen LogP) is 2.61. The first-order valence-corrected chi connectivity index (χ1v) is 10.7. The molecule has 1 saturated heterocycles. The lowest BCUT2D eigenvalue weighted by Gasteiger charge is -2.43. The zero-order valence-corrected chi connectivity index (χ0v) is 19.1. The van der Waals surface area contributed by atoms with E-state index in [2.05, 4.69) is 47.4 Å². The van der Waals surface area contributed by atoms with Crippen LogP contribution in [0.2, 0.25) is 0 Å². The van der Waals surface area contributed by atoms with Crippen LogP contribution in [0, 0.1) is 5.92 Å². The fourth-order valence-electron chi connectivity index (χ4n) is 3.81. The number of nitrogens with zero attached hydrogens (tertiary/aromatic N) is 3. The van der Waals surface area contributed by atoms with Gasteiger partial charge in [0.05, 0.1) is 0 Å². The van der Waals surface area contributed by atoms with Crippen molar-refractivity contribution in [1.82, 2.24) is 20.4 Å². The molecule has 1 amide bonds. The van der Waals surface area contributed by atoms with Crippen LogP contribution >= 0.6 is 0 Å². The Morgan fingerprint density at radius 3 is 2.72 bits per heavy atom. The van der Waals surface area contributed by atoms with Crippen molar-refractivity contribution in [2.24, 2.45) is 10.9 Å². The van der Waals surface area contributed by atoms with E-state index in [-0.39, 0.29) is 11.4 Å². The molecule has 0 spiro atoms. The summed E-state index contributed by atoms with van der Waals surface area (Å²) in [5.74, 6) is 1.63. The first-order chi connectivity index (χ1) is 13.7. The highest BCUT2D eigenvalue weighted by molar-refractivity contribution is 5.94. The van der Waals surface area contributed by atoms with Crippen LogP contribution in [0.3, 0.4) is 0 Å². The number of hydrogen-bond acceptors (Lipinski definition) is 3. The monoisotopic (exact) mass is 401 g/mol. The van der Waals surface area contributed by atoms with Crippen LogP contribution in [-0.2, 0) is 6.42 Å². The van der Waals surface area contributed by atoms with Gasteiger partial charge in [0.1, 0.15) is 0 Å². The lowest BCUT2D eigenvalue weighted by molar-refractivity contribution is 0.0739. The molecule has 2 rings (SSSR count). The first kappa shape index (κ1) is 23.2. The van der Waals surface area contributed by atoms with E-state index in [0.29, 0.717) is 0 Å². The molecule has 0 saturated carbocycles. The van der Waals surface area contributed by atoms with E-state index in [9.17, 15) is 4.79 Å². The molecule has 2 N–H and O–H groups in total. The van der Waals surface area contributed by atoms with Gasteiger partial charge in [0.25, 0.3) is 5.91 Å². The Morgan fingerprint density at radius 1 is 1.31 bits per heavy atom. The van der Waals surface area contributed by atoms with Crippen molar-refractivity contribution < 1.29 is 4.79 Å². The summed E-state index contributed by atoms with van der Waals surface area (Å²) in [5, 5.41) is 6.89. The van der Waals surface area contributed by atoms with Gasteiger partial charge in [-0.05, 0) is 63.3 Å². The van der Waals surface area contributed by atoms with E-state index in [4.69, 9.17) is 0 Å². The van der Waals surface area contributed by atoms with E-state index < -0.39 is 0 Å². The third-order valence-electron chi connectivity index (χ3n) is 5.71. The molecule has 1 heterocycles. The molecular formula is C23H39N5O. The molecule has 0 bridgehead atoms. The number of carbonyl (C=O) groups excluding carboxylic acids is 1. The number of aliphatic imine (C=N–C) groups is 1. The minimum atomic E-state index is 0.0338. The van der Waals surface area contributed by atoms with Crippen LogP contribution < -0.4 is 10.6 Å². The molecule has 0 radical (unpaired) electrons. The van der Waals surface area contributed by atoms with Crippen molar-refractivity contribution in [2.75, 3.05) is 47.3 Å². The largest absolute Gasteiger partial charge is 0.356 e. The van der Waals surface area contributed by atoms with Crippen LogP contribution in [0.5, 0.6) is 0 Å². The predicted molar refractivity (Wildman–Crippen MR) is 122 cm³/mol. The number of piperidine rings is 1. The zero-order valence-electron chi connectivity index (χ0n) is 19.1. The van der Waals surface area contributed by atoms with Gasteiger partial charge in [0.15, 0.2) is 5.96 Å². The highest BCUT2D eigenvalue weighted by Gasteiger charge is 2.30. The number of guanidine groups is 1. The van der Waals surface area contributed by atoms with Crippen LogP contribution in [0.1, 0.15) is 49.5 Å². The Labute approximate surface area is 176 Å². The summed E-state index contributed by atoms with van der Waals surface area (Å²) in [4.78, 5) is 20.7. The number of rotatable bonds is 7. The van der Waals surface area contributed by atoms with E-state index in [0.717, 1.165) is 42.5 Å². The molecule has 1 atom stereocenters. The van der Waals surface area contributed by atoms with Crippen LogP contribution in [0.4, 0.5) is 0 Å². The summed E-state index contributed by atoms with van der Waals surface area (Å²) < 4.78 is 0. The number of nitrogens with one attached hydrogen (secondary N) is 2. The minimum absolute atomic E-state index is 0.0338. The van der Waals surface area contributed by atoms with Gasteiger partial charge >= 0.3 is 0 Å². The maximum Gasteiger partial charge on any atom is 0.253 e. The van der Waals surface area contributed by atoms with Gasteiger partial charge in [-0.15, -0.1) is 0 Å². The number of carbonyl (C=O) groups is 1. The van der Waals surface area contributed by atoms with Gasteiger partial charge < -0.3 is 15.5 Å². The van der Waals surface area contributed by atoms with Crippen LogP contribution in [0.15, 0.2) is 29.3 Å². The molecule has 1 aliphatic heterocycles. The van der Waals surface area contributed by atoms with E-state index in [1.807, 2.05) is 25.2 Å². The smallest absolute Gasteiger partial charge is 0.253 e. The second-order valence-electron chi connectivity index (χ2n) is 9.01. The molecule has 1 aromatic carbocycles. The van der Waals surface area contributed by atoms with Crippen molar-refractivity contribution in [2.45, 2.75) is 45.6 Å². The highest BCUT2D eigenvalue weighted by Crippen LogP contribution is 2.23. The second kappa shape index (κ2) is 10.6. The Balaban J connectivity index is 1.82. The molecule has 1 unspecified atom stereocenters. The zero-order chi connectivity index (χ0) is 21.4. The Kier molecular flexibility index (Phi) is 8.50. The summed E-state index contributed by atoms with van der Waals surface area (Å²) >= 11 is 0. The molecule has 6 nitrogen and oxygen atoms in total. The van der Waals surface area contributed by atoms with Crippen LogP contribution in [-0.4, -0.2) is 74.5 Å². The average Bonchev–Trinajstić information content (AvgIpc) is 2.70. The maximum atomic E-state index is 12.1. The summed E-state index contributed by atoms with van der Waals surface area (Å²) in [6.45, 7) is 10.9. The summed E-state index contributed by atoms with van der Waals surface area (Å²) in [5.41, 5.74) is 1.96. The Hall–Kier alpha value is -2.08. The third kappa shape index (κ3) is 7.03. The maximum absolute atomic E-state index is 12.1. The molecule has 29 heavy (non-hydrogen) atoms. The average molecular weight is 402 g/mol. The molecule has 0 aliphatic carbocycles. The lowest BCUT2D eigenvalue weighted by Crippen LogP contribution is -2.56. The van der Waals surface area contributed by atoms with Gasteiger partial charge in [-0.3, -0.25) is 14.7 Å². The summed E-state index contributed by atoms with van der Waals surface area (Å²) in [6, 6.07) is 7.84. The molecular weight excluding hydrogens is 362 g/mol. The second-order valence-corrected chi connectivity index (χ2v) is 9.01. The Morgan fingerprint density at radius 2 is 2.07 bits per heavy atom. The van der Waals surface area contributed by atoms with Crippen molar-refractivity contribution in [3.8, 4) is 0 Å². The normalized spacial score (nSPS) is 18.4. The molecule has 1 aromatic rings. The lowest BCUT2D eigenvalue weighted by atomic mass is 9.93. The van der Waals surface area contributed by atoms with E-state index >= 15 is 0 Å². The fourth-order valence-corrected chi connectivity index (χ4v) is 3.81. The number of hydrogen-bond donors (Lipinski definition) is 2. The topological polar surface area (TPSA) is 60.0 Å². The number of amides is 1. The highest BCUT2D eigenvalue weighted by atomic mass is 16.2. The van der Waals surface area contributed by atoms with Gasteiger partial charge in [-0.1, -0.05) is 19.1 Å². The van der Waals surface area contributed by atoms with Gasteiger partial charge in [-0.25, -0.2) is 0 Å². The minimum Gasteiger partial charge on any atom is -0.356 e. The van der Waals surface area contributed by atoms with Crippen molar-refractivity contribution in [1.29, 1.82) is 0 Å². The van der Waals surface area contributed by atoms with Crippen molar-refractivity contribution in [3.05, 3.63) is 35.4 Å². The molecule has 162 valence electrons. The summed E-state index contributed by atoms with van der Waals surface area (Å²) in [6.07, 6.45) is 3.46. The standard InChI is InChI=1S/C23H39N5O/c1-18-9-8-14-28(16-18)23(2,3)17-26-22(24-4)25-13-12-19-10-7-11-20(15-19)21(29)27(5)6/h7,10-11,15,18H,8-9,12-14,16-17H2,1-6H3,(H2,24,25,26). The molecule has 0 aromatic heterocycles. The molecule has 1 fully saturated rings. The number of benzene rings is 1. The fraction of sp³-hybridized carbons (Fsp3) is 0.652. The quantitative estimate of drug-likeness (QED) is 0.545. The van der Waals surface area contributed by atoms with Gasteiger partial charge in [0, 0.05) is 51.9 Å². The van der Waals surface area contributed by atoms with Gasteiger partial charge in [-0.2, -0.15) is 0 Å². The van der Waals surface area contributed by atoms with Gasteiger partial charge in [0.2, 0.25) is 0 Å². The van der Waals surface area contributed by atoms with E-state index in [1.165, 1.54) is 25.9 Å². The molecule has 1 aliphatic rings. The third-order valence-corrected chi connectivity index (χ3v) is 5.71. The summed E-state index contributed by atoms with van der Waals surface area (Å²) in [7, 11) is 5.36. The SMILES string of the molecule is CN=C(NCCc1cccc(C(=O)N(C)C)c1)NCC(C)(C)N1CCCC(C)C1. The molecule has 6 heteroatoms. The Bertz CT molecular complexity index is 698. The first-order valence-electron chi connectivity index (χ1n) is 10.7.